The van der Waals surface area contributed by atoms with Gasteiger partial charge in [0.1, 0.15) is 23.0 Å². The molecule has 1 aliphatic carbocycles. The second-order valence-electron chi connectivity index (χ2n) is 13.4. The Hall–Kier alpha value is -5.44. The lowest BCUT2D eigenvalue weighted by Crippen LogP contribution is -2.48. The number of nitrogens with zero attached hydrogens (tertiary/aromatic N) is 6. The molecule has 3 aromatic rings. The summed E-state index contributed by atoms with van der Waals surface area (Å²) in [6.45, 7) is 4.11. The molecule has 0 radical (unpaired) electrons. The summed E-state index contributed by atoms with van der Waals surface area (Å²) in [6.07, 6.45) is 6.77. The Morgan fingerprint density at radius 2 is 1.84 bits per heavy atom. The van der Waals surface area contributed by atoms with E-state index in [2.05, 4.69) is 25.8 Å². The van der Waals surface area contributed by atoms with Crippen molar-refractivity contribution in [3.63, 3.8) is 0 Å². The lowest BCUT2D eigenvalue weighted by Gasteiger charge is -2.40. The third-order valence-electron chi connectivity index (χ3n) is 9.70. The highest BCUT2D eigenvalue weighted by Gasteiger charge is 2.36. The number of likely N-dealkylation sites (N-methyl/N-ethyl adjacent to an activating group) is 1. The van der Waals surface area contributed by atoms with Crippen molar-refractivity contribution in [1.29, 1.82) is 0 Å². The number of fused-ring (bicyclic) bond motifs is 3. The van der Waals surface area contributed by atoms with Crippen LogP contribution in [-0.2, 0) is 22.7 Å². The van der Waals surface area contributed by atoms with Crippen molar-refractivity contribution in [2.24, 2.45) is 17.4 Å². The predicted octanol–water partition coefficient (Wildman–Crippen LogP) is 1.98. The van der Waals surface area contributed by atoms with Crippen molar-refractivity contribution in [3.05, 3.63) is 82.7 Å². The molecule has 5 heterocycles. The second kappa shape index (κ2) is 13.5. The molecule has 1 aromatic carbocycles. The van der Waals surface area contributed by atoms with Crippen LogP contribution in [0.3, 0.4) is 0 Å². The number of benzene rings is 1. The van der Waals surface area contributed by atoms with E-state index in [1.54, 1.807) is 18.3 Å². The normalized spacial score (nSPS) is 18.2. The molecule has 2 aromatic heterocycles. The van der Waals surface area contributed by atoms with Gasteiger partial charge in [-0.05, 0) is 49.9 Å². The lowest BCUT2D eigenvalue weighted by molar-refractivity contribution is -0.121. The molecule has 3 amide bonds. The molecule has 1 saturated carbocycles. The summed E-state index contributed by atoms with van der Waals surface area (Å²) in [5.74, 6) is -1.21. The standard InChI is InChI=1S/C35H42FN11O3/c1-39-34(49)31(38)27(14-29(37)43-33(48)20-8-9-20)42-25-11-10-24(36)30-23-15-40-47(28(23)19-44(2)32(25)30)22-17-45(18-22)16-21-6-5-7-26(41-21)35(50)46-12-3-4-13-46/h5-7,10-11,14-15,20,22,42H,3-4,8-9,12-13,16-19,37-38H2,1-2H3,(H,39,49)(H,43,48)/b29-14+,31-27+. The van der Waals surface area contributed by atoms with Gasteiger partial charge in [0.25, 0.3) is 11.8 Å². The van der Waals surface area contributed by atoms with E-state index >= 15 is 4.39 Å². The fourth-order valence-electron chi connectivity index (χ4n) is 6.88. The van der Waals surface area contributed by atoms with Gasteiger partial charge in [0.05, 0.1) is 47.2 Å². The molecule has 0 unspecified atom stereocenters. The van der Waals surface area contributed by atoms with Gasteiger partial charge in [-0.1, -0.05) is 6.07 Å². The SMILES string of the molecule is CNC(=O)/C(N)=C(/C=C(\N)NC(=O)C1CC1)Nc1ccc(F)c2c1N(C)Cc1c-2cnn1C1CN(Cc2cccc(C(=O)N3CCCC3)n2)C1. The van der Waals surface area contributed by atoms with Gasteiger partial charge < -0.3 is 37.2 Å². The van der Waals surface area contributed by atoms with E-state index in [9.17, 15) is 14.4 Å². The minimum absolute atomic E-state index is 0.0101. The number of anilines is 2. The molecule has 15 heteroatoms. The summed E-state index contributed by atoms with van der Waals surface area (Å²) < 4.78 is 17.7. The van der Waals surface area contributed by atoms with Crippen molar-refractivity contribution in [3.8, 4) is 11.1 Å². The van der Waals surface area contributed by atoms with Crippen LogP contribution in [-0.4, -0.2) is 82.6 Å². The van der Waals surface area contributed by atoms with Crippen LogP contribution in [0.25, 0.3) is 11.1 Å². The number of rotatable bonds is 10. The van der Waals surface area contributed by atoms with Crippen LogP contribution in [0, 0.1) is 11.7 Å². The van der Waals surface area contributed by atoms with E-state index in [1.807, 2.05) is 33.7 Å². The predicted molar refractivity (Wildman–Crippen MR) is 185 cm³/mol. The van der Waals surface area contributed by atoms with Gasteiger partial charge >= 0.3 is 0 Å². The summed E-state index contributed by atoms with van der Waals surface area (Å²) in [5.41, 5.74) is 16.7. The Kier molecular flexibility index (Phi) is 8.90. The number of allylic oxidation sites excluding steroid dienone is 1. The molecule has 7 N–H and O–H groups in total. The molecule has 2 saturated heterocycles. The number of nitrogens with one attached hydrogen (secondary N) is 3. The molecule has 7 rings (SSSR count). The van der Waals surface area contributed by atoms with Crippen LogP contribution in [0.1, 0.15) is 53.6 Å². The molecule has 0 atom stereocenters. The third-order valence-corrected chi connectivity index (χ3v) is 9.70. The second-order valence-corrected chi connectivity index (χ2v) is 13.4. The smallest absolute Gasteiger partial charge is 0.272 e. The van der Waals surface area contributed by atoms with Crippen LogP contribution in [0.5, 0.6) is 0 Å². The summed E-state index contributed by atoms with van der Waals surface area (Å²) in [4.78, 5) is 48.4. The Balaban J connectivity index is 1.09. The van der Waals surface area contributed by atoms with Crippen LogP contribution in [0.2, 0.25) is 0 Å². The zero-order chi connectivity index (χ0) is 35.1. The zero-order valence-electron chi connectivity index (χ0n) is 28.2. The molecule has 50 heavy (non-hydrogen) atoms. The van der Waals surface area contributed by atoms with Crippen molar-refractivity contribution >= 4 is 29.1 Å². The number of likely N-dealkylation sites (tertiary alicyclic amines) is 2. The zero-order valence-corrected chi connectivity index (χ0v) is 28.2. The quantitative estimate of drug-likeness (QED) is 0.157. The van der Waals surface area contributed by atoms with Gasteiger partial charge in [0.2, 0.25) is 5.91 Å². The van der Waals surface area contributed by atoms with E-state index < -0.39 is 11.7 Å². The maximum atomic E-state index is 15.7. The molecule has 4 aliphatic rings. The molecular weight excluding hydrogens is 641 g/mol. The first-order chi connectivity index (χ1) is 24.1. The molecule has 3 fully saturated rings. The monoisotopic (exact) mass is 683 g/mol. The number of aromatic nitrogens is 3. The first-order valence-corrected chi connectivity index (χ1v) is 17.0. The van der Waals surface area contributed by atoms with Crippen molar-refractivity contribution in [1.82, 2.24) is 35.2 Å². The number of hydrogen-bond acceptors (Lipinski definition) is 10. The fourth-order valence-corrected chi connectivity index (χ4v) is 6.88. The van der Waals surface area contributed by atoms with Crippen molar-refractivity contribution in [2.75, 3.05) is 50.5 Å². The van der Waals surface area contributed by atoms with Crippen LogP contribution in [0.15, 0.2) is 59.8 Å². The van der Waals surface area contributed by atoms with E-state index in [0.717, 1.165) is 63.3 Å². The Morgan fingerprint density at radius 1 is 1.08 bits per heavy atom. The number of halogens is 1. The Bertz CT molecular complexity index is 1900. The lowest BCUT2D eigenvalue weighted by atomic mass is 9.96. The highest BCUT2D eigenvalue weighted by Crippen LogP contribution is 2.46. The molecule has 3 aliphatic heterocycles. The number of carbonyl (C=O) groups excluding carboxylic acids is 3. The van der Waals surface area contributed by atoms with E-state index in [1.165, 1.54) is 19.2 Å². The number of amides is 3. The Morgan fingerprint density at radius 3 is 2.56 bits per heavy atom. The minimum atomic E-state index is -0.549. The molecule has 0 bridgehead atoms. The van der Waals surface area contributed by atoms with Crippen molar-refractivity contribution < 1.29 is 18.8 Å². The van der Waals surface area contributed by atoms with E-state index in [4.69, 9.17) is 16.6 Å². The van der Waals surface area contributed by atoms with Gasteiger partial charge in [0.15, 0.2) is 0 Å². The van der Waals surface area contributed by atoms with E-state index in [0.29, 0.717) is 41.3 Å². The highest BCUT2D eigenvalue weighted by atomic mass is 19.1. The van der Waals surface area contributed by atoms with Gasteiger partial charge in [-0.2, -0.15) is 5.10 Å². The number of carbonyl (C=O) groups is 3. The minimum Gasteiger partial charge on any atom is -0.393 e. The topological polar surface area (TPSA) is 180 Å². The molecule has 0 spiro atoms. The average molecular weight is 684 g/mol. The Labute approximate surface area is 289 Å². The third kappa shape index (κ3) is 6.47. The summed E-state index contributed by atoms with van der Waals surface area (Å²) in [6, 6.07) is 8.65. The highest BCUT2D eigenvalue weighted by molar-refractivity contribution is 5.96. The average Bonchev–Trinajstić information content (AvgIpc) is 3.65. The van der Waals surface area contributed by atoms with Gasteiger partial charge in [-0.3, -0.25) is 24.0 Å². The van der Waals surface area contributed by atoms with Crippen LogP contribution < -0.4 is 32.3 Å². The number of nitrogens with two attached hydrogens (primary N) is 2. The summed E-state index contributed by atoms with van der Waals surface area (Å²) in [7, 11) is 3.32. The van der Waals surface area contributed by atoms with Gasteiger partial charge in [-0.15, -0.1) is 0 Å². The molecular formula is C35H42FN11O3. The molecule has 14 nitrogen and oxygen atoms in total. The maximum Gasteiger partial charge on any atom is 0.272 e. The summed E-state index contributed by atoms with van der Waals surface area (Å²) >= 11 is 0. The van der Waals surface area contributed by atoms with Crippen molar-refractivity contribution in [2.45, 2.75) is 44.8 Å². The molecule has 262 valence electrons. The first-order valence-electron chi connectivity index (χ1n) is 17.0. The van der Waals surface area contributed by atoms with Crippen LogP contribution >= 0.6 is 0 Å². The van der Waals surface area contributed by atoms with E-state index in [-0.39, 0.29) is 41.0 Å². The van der Waals surface area contributed by atoms with Gasteiger partial charge in [0, 0.05) is 69.9 Å². The number of hydrogen-bond donors (Lipinski definition) is 5. The largest absolute Gasteiger partial charge is 0.393 e. The van der Waals surface area contributed by atoms with Crippen LogP contribution in [0.4, 0.5) is 15.8 Å². The first kappa shape index (κ1) is 33.1. The maximum absolute atomic E-state index is 15.7. The fraction of sp³-hybridized carbons (Fsp3) is 0.400. The number of pyridine rings is 1. The summed E-state index contributed by atoms with van der Waals surface area (Å²) in [5, 5.41) is 13.1. The van der Waals surface area contributed by atoms with Gasteiger partial charge in [-0.25, -0.2) is 9.37 Å².